The number of nitrogens with one attached hydrogen (secondary N) is 1. The number of benzene rings is 1. The second kappa shape index (κ2) is 9.61. The summed E-state index contributed by atoms with van der Waals surface area (Å²) in [5, 5.41) is 6.34. The maximum atomic E-state index is 11.9. The molecule has 0 spiro atoms. The third-order valence-corrected chi connectivity index (χ3v) is 4.34. The van der Waals surface area contributed by atoms with Gasteiger partial charge in [0.25, 0.3) is 0 Å². The Labute approximate surface area is 151 Å². The molecule has 0 fully saturated rings. The molecule has 1 aromatic carbocycles. The van der Waals surface area contributed by atoms with Crippen LogP contribution in [0.4, 0.5) is 0 Å². The number of nitrogens with zero attached hydrogens (tertiary/aromatic N) is 2. The van der Waals surface area contributed by atoms with Crippen molar-refractivity contribution in [2.24, 2.45) is 0 Å². The van der Waals surface area contributed by atoms with Gasteiger partial charge in [-0.2, -0.15) is 0 Å². The fourth-order valence-electron chi connectivity index (χ4n) is 2.02. The first-order valence-corrected chi connectivity index (χ1v) is 9.02. The monoisotopic (exact) mass is 367 g/mol. The number of carbonyl (C=O) groups is 1. The molecular weight excluding hydrogens is 346 g/mol. The Morgan fingerprint density at radius 3 is 2.79 bits per heavy atom. The van der Waals surface area contributed by atoms with Crippen molar-refractivity contribution >= 4 is 28.8 Å². The molecule has 0 atom stereocenters. The molecule has 0 aliphatic carbocycles. The molecule has 1 amide bonds. The van der Waals surface area contributed by atoms with E-state index in [0.717, 1.165) is 29.4 Å². The Balaban J connectivity index is 1.72. The molecule has 1 heterocycles. The van der Waals surface area contributed by atoms with Crippen LogP contribution in [0.25, 0.3) is 0 Å². The molecule has 1 aromatic heterocycles. The van der Waals surface area contributed by atoms with Crippen molar-refractivity contribution in [1.82, 2.24) is 15.2 Å². The molecule has 2 aromatic rings. The lowest BCUT2D eigenvalue weighted by Crippen LogP contribution is -2.28. The number of thiazole rings is 1. The molecule has 0 saturated carbocycles. The van der Waals surface area contributed by atoms with Gasteiger partial charge >= 0.3 is 0 Å². The zero-order chi connectivity index (χ0) is 17.4. The van der Waals surface area contributed by atoms with Crippen molar-refractivity contribution in [3.8, 4) is 5.75 Å². The first-order chi connectivity index (χ1) is 11.5. The fourth-order valence-corrected chi connectivity index (χ4v) is 2.85. The fraction of sp³-hybridized carbons (Fsp3) is 0.412. The highest BCUT2D eigenvalue weighted by atomic mass is 35.5. The van der Waals surface area contributed by atoms with E-state index in [4.69, 9.17) is 16.3 Å². The molecule has 7 heteroatoms. The zero-order valence-corrected chi connectivity index (χ0v) is 15.5. The quantitative estimate of drug-likeness (QED) is 0.692. The van der Waals surface area contributed by atoms with Crippen LogP contribution in [-0.2, 0) is 17.8 Å². The van der Waals surface area contributed by atoms with Gasteiger partial charge in [-0.1, -0.05) is 11.6 Å². The van der Waals surface area contributed by atoms with Gasteiger partial charge in [-0.15, -0.1) is 11.3 Å². The summed E-state index contributed by atoms with van der Waals surface area (Å²) >= 11 is 7.33. The Hall–Kier alpha value is -1.63. The molecule has 0 radical (unpaired) electrons. The summed E-state index contributed by atoms with van der Waals surface area (Å²) in [6.07, 6.45) is 1.25. The molecule has 0 aliphatic heterocycles. The van der Waals surface area contributed by atoms with E-state index in [1.54, 1.807) is 12.1 Å². The average molecular weight is 368 g/mol. The average Bonchev–Trinajstić information content (AvgIpc) is 2.98. The lowest BCUT2D eigenvalue weighted by molar-refractivity contribution is -0.120. The van der Waals surface area contributed by atoms with Gasteiger partial charge in [0.15, 0.2) is 0 Å². The number of amides is 1. The molecular formula is C17H22ClN3O2S. The van der Waals surface area contributed by atoms with Gasteiger partial charge in [-0.05, 0) is 51.3 Å². The predicted octanol–water partition coefficient (Wildman–Crippen LogP) is 2.99. The SMILES string of the molecule is CN(C)CCCNC(=O)Cc1csc(COc2ccc(Cl)cc2)n1. The van der Waals surface area contributed by atoms with E-state index in [9.17, 15) is 4.79 Å². The molecule has 24 heavy (non-hydrogen) atoms. The molecule has 0 bridgehead atoms. The first-order valence-electron chi connectivity index (χ1n) is 7.76. The number of carbonyl (C=O) groups excluding carboxylic acids is 1. The van der Waals surface area contributed by atoms with Crippen LogP contribution >= 0.6 is 22.9 Å². The van der Waals surface area contributed by atoms with Gasteiger partial charge in [0.2, 0.25) is 5.91 Å². The maximum absolute atomic E-state index is 11.9. The van der Waals surface area contributed by atoms with Crippen molar-refractivity contribution in [2.45, 2.75) is 19.4 Å². The molecule has 2 rings (SSSR count). The molecule has 5 nitrogen and oxygen atoms in total. The summed E-state index contributed by atoms with van der Waals surface area (Å²) in [4.78, 5) is 18.4. The minimum Gasteiger partial charge on any atom is -0.486 e. The van der Waals surface area contributed by atoms with E-state index in [1.165, 1.54) is 11.3 Å². The van der Waals surface area contributed by atoms with Crippen LogP contribution in [0.1, 0.15) is 17.1 Å². The van der Waals surface area contributed by atoms with Gasteiger partial charge in [0, 0.05) is 16.9 Å². The first kappa shape index (κ1) is 18.7. The van der Waals surface area contributed by atoms with Crippen molar-refractivity contribution in [2.75, 3.05) is 27.2 Å². The Morgan fingerprint density at radius 2 is 2.08 bits per heavy atom. The van der Waals surface area contributed by atoms with E-state index < -0.39 is 0 Å². The normalized spacial score (nSPS) is 10.8. The number of ether oxygens (including phenoxy) is 1. The van der Waals surface area contributed by atoms with Crippen LogP contribution in [0, 0.1) is 0 Å². The van der Waals surface area contributed by atoms with Gasteiger partial charge in [-0.3, -0.25) is 4.79 Å². The maximum Gasteiger partial charge on any atom is 0.226 e. The van der Waals surface area contributed by atoms with Crippen LogP contribution in [0.5, 0.6) is 5.75 Å². The molecule has 1 N–H and O–H groups in total. The van der Waals surface area contributed by atoms with E-state index in [2.05, 4.69) is 15.2 Å². The molecule has 130 valence electrons. The smallest absolute Gasteiger partial charge is 0.226 e. The number of hydrogen-bond acceptors (Lipinski definition) is 5. The summed E-state index contributed by atoms with van der Waals surface area (Å²) < 4.78 is 5.65. The van der Waals surface area contributed by atoms with E-state index in [-0.39, 0.29) is 5.91 Å². The summed E-state index contributed by atoms with van der Waals surface area (Å²) in [7, 11) is 4.04. The minimum absolute atomic E-state index is 0.00391. The summed E-state index contributed by atoms with van der Waals surface area (Å²) in [5.41, 5.74) is 0.778. The van der Waals surface area contributed by atoms with E-state index in [1.807, 2.05) is 31.6 Å². The van der Waals surface area contributed by atoms with E-state index in [0.29, 0.717) is 24.6 Å². The van der Waals surface area contributed by atoms with E-state index >= 15 is 0 Å². The van der Waals surface area contributed by atoms with Gasteiger partial charge in [-0.25, -0.2) is 4.98 Å². The zero-order valence-electron chi connectivity index (χ0n) is 13.9. The van der Waals surface area contributed by atoms with Gasteiger partial charge in [0.1, 0.15) is 17.4 Å². The predicted molar refractivity (Wildman–Crippen MR) is 97.8 cm³/mol. The Kier molecular flexibility index (Phi) is 7.49. The standard InChI is InChI=1S/C17H22ClN3O2S/c1-21(2)9-3-8-19-16(22)10-14-12-24-17(20-14)11-23-15-6-4-13(18)5-7-15/h4-7,12H,3,8-11H2,1-2H3,(H,19,22). The van der Waals surface area contributed by atoms with Crippen LogP contribution in [0.2, 0.25) is 5.02 Å². The lowest BCUT2D eigenvalue weighted by atomic mass is 10.3. The number of rotatable bonds is 9. The van der Waals surface area contributed by atoms with Crippen LogP contribution in [-0.4, -0.2) is 43.0 Å². The van der Waals surface area contributed by atoms with Crippen LogP contribution < -0.4 is 10.1 Å². The third kappa shape index (κ3) is 6.86. The number of halogens is 1. The van der Waals surface area contributed by atoms with Gasteiger partial charge in [0.05, 0.1) is 12.1 Å². The number of aromatic nitrogens is 1. The minimum atomic E-state index is 0.00391. The molecule has 0 unspecified atom stereocenters. The topological polar surface area (TPSA) is 54.5 Å². The Bertz CT molecular complexity index is 644. The largest absolute Gasteiger partial charge is 0.486 e. The van der Waals surface area contributed by atoms with Gasteiger partial charge < -0.3 is 15.0 Å². The highest BCUT2D eigenvalue weighted by molar-refractivity contribution is 7.09. The lowest BCUT2D eigenvalue weighted by Gasteiger charge is -2.09. The second-order valence-electron chi connectivity index (χ2n) is 5.66. The van der Waals surface area contributed by atoms with Crippen LogP contribution in [0.3, 0.4) is 0 Å². The van der Waals surface area contributed by atoms with Crippen molar-refractivity contribution in [3.63, 3.8) is 0 Å². The Morgan fingerprint density at radius 1 is 1.33 bits per heavy atom. The number of hydrogen-bond donors (Lipinski definition) is 1. The van der Waals surface area contributed by atoms with Crippen LogP contribution in [0.15, 0.2) is 29.6 Å². The molecule has 0 aliphatic rings. The highest BCUT2D eigenvalue weighted by Gasteiger charge is 2.08. The summed E-state index contributed by atoms with van der Waals surface area (Å²) in [6, 6.07) is 7.20. The second-order valence-corrected chi connectivity index (χ2v) is 7.04. The van der Waals surface area contributed by atoms with Crippen molar-refractivity contribution in [1.29, 1.82) is 0 Å². The molecule has 0 saturated heterocycles. The van der Waals surface area contributed by atoms with Crippen molar-refractivity contribution < 1.29 is 9.53 Å². The summed E-state index contributed by atoms with van der Waals surface area (Å²) in [6.45, 7) is 2.04. The third-order valence-electron chi connectivity index (χ3n) is 3.22. The highest BCUT2D eigenvalue weighted by Crippen LogP contribution is 2.18. The van der Waals surface area contributed by atoms with Crippen molar-refractivity contribution in [3.05, 3.63) is 45.4 Å². The summed E-state index contributed by atoms with van der Waals surface area (Å²) in [5.74, 6) is 0.749.